The van der Waals surface area contributed by atoms with Crippen molar-refractivity contribution in [3.05, 3.63) is 64.4 Å². The molecule has 0 radical (unpaired) electrons. The van der Waals surface area contributed by atoms with Gasteiger partial charge >= 0.3 is 0 Å². The first-order chi connectivity index (χ1) is 10.1. The Kier molecular flexibility index (Phi) is 5.91. The lowest BCUT2D eigenvalue weighted by molar-refractivity contribution is 0.177. The number of hydrogen-bond acceptors (Lipinski definition) is 3. The Hall–Kier alpha value is -1.23. The highest BCUT2D eigenvalue weighted by Crippen LogP contribution is 2.27. The Balaban J connectivity index is 2.26. The topological polar surface area (TPSA) is 42.2 Å². The molecule has 4 heteroatoms. The van der Waals surface area contributed by atoms with Crippen molar-refractivity contribution < 1.29 is 0 Å². The Bertz CT molecular complexity index is 557. The van der Waals surface area contributed by atoms with Gasteiger partial charge in [0.05, 0.1) is 0 Å². The SMILES string of the molecule is CCN(Cc1ccncc1)C(c1cccc(Br)c1)C(C)N. The molecular weight excluding hydrogens is 326 g/mol. The lowest BCUT2D eigenvalue weighted by atomic mass is 9.98. The molecule has 2 N–H and O–H groups in total. The minimum absolute atomic E-state index is 0.0566. The molecule has 0 amide bonds. The number of aromatic nitrogens is 1. The van der Waals surface area contributed by atoms with Gasteiger partial charge in [0.15, 0.2) is 0 Å². The van der Waals surface area contributed by atoms with Crippen LogP contribution >= 0.6 is 15.9 Å². The number of halogens is 1. The highest BCUT2D eigenvalue weighted by Gasteiger charge is 2.23. The van der Waals surface area contributed by atoms with E-state index in [0.29, 0.717) is 0 Å². The zero-order valence-corrected chi connectivity index (χ0v) is 14.1. The highest BCUT2D eigenvalue weighted by atomic mass is 79.9. The van der Waals surface area contributed by atoms with Gasteiger partial charge in [-0.15, -0.1) is 0 Å². The second-order valence-corrected chi connectivity index (χ2v) is 6.19. The van der Waals surface area contributed by atoms with Crippen molar-refractivity contribution >= 4 is 15.9 Å². The van der Waals surface area contributed by atoms with E-state index in [1.165, 1.54) is 11.1 Å². The number of nitrogens with zero attached hydrogens (tertiary/aromatic N) is 2. The third-order valence-corrected chi connectivity index (χ3v) is 4.12. The van der Waals surface area contributed by atoms with Crippen molar-refractivity contribution in [2.45, 2.75) is 32.5 Å². The molecule has 1 aromatic carbocycles. The van der Waals surface area contributed by atoms with Gasteiger partial charge in [-0.1, -0.05) is 35.0 Å². The van der Waals surface area contributed by atoms with Crippen LogP contribution in [0.4, 0.5) is 0 Å². The van der Waals surface area contributed by atoms with Crippen molar-refractivity contribution in [3.63, 3.8) is 0 Å². The first kappa shape index (κ1) is 16.1. The fourth-order valence-electron chi connectivity index (χ4n) is 2.67. The predicted molar refractivity (Wildman–Crippen MR) is 90.9 cm³/mol. The number of hydrogen-bond donors (Lipinski definition) is 1. The van der Waals surface area contributed by atoms with Crippen LogP contribution in [0.1, 0.15) is 31.0 Å². The number of rotatable bonds is 6. The van der Waals surface area contributed by atoms with E-state index < -0.39 is 0 Å². The van der Waals surface area contributed by atoms with Crippen LogP contribution < -0.4 is 5.73 Å². The molecule has 1 aromatic heterocycles. The molecule has 0 saturated heterocycles. The minimum atomic E-state index is 0.0566. The lowest BCUT2D eigenvalue weighted by Gasteiger charge is -2.34. The van der Waals surface area contributed by atoms with Gasteiger partial charge in [-0.05, 0) is 48.9 Å². The van der Waals surface area contributed by atoms with Crippen molar-refractivity contribution in [1.82, 2.24) is 9.88 Å². The summed E-state index contributed by atoms with van der Waals surface area (Å²) in [6, 6.07) is 12.8. The Morgan fingerprint density at radius 2 is 1.95 bits per heavy atom. The van der Waals surface area contributed by atoms with E-state index in [0.717, 1.165) is 17.6 Å². The van der Waals surface area contributed by atoms with E-state index in [1.54, 1.807) is 0 Å². The van der Waals surface area contributed by atoms with E-state index in [4.69, 9.17) is 5.73 Å². The standard InChI is InChI=1S/C17H22BrN3/c1-3-21(12-14-7-9-20-10-8-14)17(13(2)19)15-5-4-6-16(18)11-15/h4-11,13,17H,3,12,19H2,1-2H3. The van der Waals surface area contributed by atoms with Crippen LogP contribution in [-0.2, 0) is 6.54 Å². The second kappa shape index (κ2) is 7.69. The maximum absolute atomic E-state index is 6.28. The zero-order valence-electron chi connectivity index (χ0n) is 12.5. The van der Waals surface area contributed by atoms with Crippen LogP contribution in [0.15, 0.2) is 53.3 Å². The van der Waals surface area contributed by atoms with Crippen LogP contribution in [0, 0.1) is 0 Å². The summed E-state index contributed by atoms with van der Waals surface area (Å²) in [5.41, 5.74) is 8.78. The smallest absolute Gasteiger partial charge is 0.0500 e. The molecule has 0 saturated carbocycles. The summed E-state index contributed by atoms with van der Waals surface area (Å²) in [7, 11) is 0. The molecule has 0 spiro atoms. The van der Waals surface area contributed by atoms with Gasteiger partial charge in [0.2, 0.25) is 0 Å². The van der Waals surface area contributed by atoms with E-state index >= 15 is 0 Å². The van der Waals surface area contributed by atoms with Crippen LogP contribution in [0.2, 0.25) is 0 Å². The fourth-order valence-corrected chi connectivity index (χ4v) is 3.08. The van der Waals surface area contributed by atoms with E-state index in [1.807, 2.05) is 18.5 Å². The third kappa shape index (κ3) is 4.37. The Morgan fingerprint density at radius 3 is 2.52 bits per heavy atom. The molecule has 0 fully saturated rings. The summed E-state index contributed by atoms with van der Waals surface area (Å²) < 4.78 is 1.09. The highest BCUT2D eigenvalue weighted by molar-refractivity contribution is 9.10. The molecule has 2 unspecified atom stereocenters. The summed E-state index contributed by atoms with van der Waals surface area (Å²) in [5, 5.41) is 0. The Morgan fingerprint density at radius 1 is 1.24 bits per heavy atom. The molecular formula is C17H22BrN3. The molecule has 112 valence electrons. The quantitative estimate of drug-likeness (QED) is 0.864. The van der Waals surface area contributed by atoms with Gasteiger partial charge in [0.25, 0.3) is 0 Å². The lowest BCUT2D eigenvalue weighted by Crippen LogP contribution is -2.39. The maximum atomic E-state index is 6.28. The van der Waals surface area contributed by atoms with Crippen LogP contribution in [0.25, 0.3) is 0 Å². The first-order valence-electron chi connectivity index (χ1n) is 7.25. The van der Waals surface area contributed by atoms with Crippen LogP contribution in [-0.4, -0.2) is 22.5 Å². The van der Waals surface area contributed by atoms with Crippen molar-refractivity contribution in [1.29, 1.82) is 0 Å². The third-order valence-electron chi connectivity index (χ3n) is 3.62. The van der Waals surface area contributed by atoms with Gasteiger partial charge < -0.3 is 5.73 Å². The summed E-state index contributed by atoms with van der Waals surface area (Å²) >= 11 is 3.55. The molecule has 2 atom stereocenters. The van der Waals surface area contributed by atoms with E-state index in [-0.39, 0.29) is 12.1 Å². The van der Waals surface area contributed by atoms with Gasteiger partial charge in [0.1, 0.15) is 0 Å². The van der Waals surface area contributed by atoms with E-state index in [2.05, 4.69) is 70.0 Å². The van der Waals surface area contributed by atoms with E-state index in [9.17, 15) is 0 Å². The molecule has 3 nitrogen and oxygen atoms in total. The second-order valence-electron chi connectivity index (χ2n) is 5.28. The van der Waals surface area contributed by atoms with Gasteiger partial charge in [0, 0.05) is 35.5 Å². The molecule has 1 heterocycles. The van der Waals surface area contributed by atoms with Gasteiger partial charge in [-0.2, -0.15) is 0 Å². The fraction of sp³-hybridized carbons (Fsp3) is 0.353. The largest absolute Gasteiger partial charge is 0.326 e. The predicted octanol–water partition coefficient (Wildman–Crippen LogP) is 3.75. The van der Waals surface area contributed by atoms with Gasteiger partial charge in [-0.25, -0.2) is 0 Å². The number of likely N-dealkylation sites (N-methyl/N-ethyl adjacent to an activating group) is 1. The first-order valence-corrected chi connectivity index (χ1v) is 8.05. The normalized spacial score (nSPS) is 14.1. The number of nitrogens with two attached hydrogens (primary N) is 1. The number of benzene rings is 1. The summed E-state index contributed by atoms with van der Waals surface area (Å²) in [4.78, 5) is 6.48. The average molecular weight is 348 g/mol. The Labute approximate surface area is 135 Å². The molecule has 0 aliphatic carbocycles. The van der Waals surface area contributed by atoms with Crippen LogP contribution in [0.5, 0.6) is 0 Å². The summed E-state index contributed by atoms with van der Waals surface area (Å²) in [6.07, 6.45) is 3.67. The maximum Gasteiger partial charge on any atom is 0.0500 e. The monoisotopic (exact) mass is 347 g/mol. The molecule has 2 rings (SSSR count). The molecule has 2 aromatic rings. The summed E-state index contributed by atoms with van der Waals surface area (Å²) in [5.74, 6) is 0. The summed E-state index contributed by atoms with van der Waals surface area (Å²) in [6.45, 7) is 6.06. The van der Waals surface area contributed by atoms with Crippen LogP contribution in [0.3, 0.4) is 0 Å². The van der Waals surface area contributed by atoms with Crippen molar-refractivity contribution in [2.24, 2.45) is 5.73 Å². The van der Waals surface area contributed by atoms with Crippen molar-refractivity contribution in [3.8, 4) is 0 Å². The number of pyridine rings is 1. The minimum Gasteiger partial charge on any atom is -0.326 e. The molecule has 0 bridgehead atoms. The molecule has 0 aliphatic rings. The van der Waals surface area contributed by atoms with Gasteiger partial charge in [-0.3, -0.25) is 9.88 Å². The van der Waals surface area contributed by atoms with Crippen molar-refractivity contribution in [2.75, 3.05) is 6.54 Å². The average Bonchev–Trinajstić information content (AvgIpc) is 2.47. The molecule has 21 heavy (non-hydrogen) atoms. The molecule has 0 aliphatic heterocycles. The zero-order chi connectivity index (χ0) is 15.2.